The van der Waals surface area contributed by atoms with Crippen LogP contribution in [0.5, 0.6) is 0 Å². The highest BCUT2D eigenvalue weighted by Crippen LogP contribution is 2.14. The monoisotopic (exact) mass is 338 g/mol. The molecule has 0 saturated carbocycles. The number of nitrogens with one attached hydrogen (secondary N) is 2. The molecule has 2 amide bonds. The highest BCUT2D eigenvalue weighted by atomic mass is 16.2. The number of unbranched alkanes of at least 4 members (excludes halogenated alkanes) is 1. The second-order valence-corrected chi connectivity index (χ2v) is 5.78. The van der Waals surface area contributed by atoms with Gasteiger partial charge in [0, 0.05) is 28.9 Å². The molecule has 0 spiro atoms. The fourth-order valence-electron chi connectivity index (χ4n) is 2.30. The summed E-state index contributed by atoms with van der Waals surface area (Å²) in [5.74, 6) is -0.590. The van der Waals surface area contributed by atoms with E-state index in [0.717, 1.165) is 12.8 Å². The van der Waals surface area contributed by atoms with Crippen molar-refractivity contribution in [1.82, 2.24) is 5.32 Å². The van der Waals surface area contributed by atoms with Gasteiger partial charge in [-0.05, 0) is 43.7 Å². The van der Waals surface area contributed by atoms with E-state index >= 15 is 0 Å². The van der Waals surface area contributed by atoms with Crippen LogP contribution in [-0.4, -0.2) is 24.1 Å². The number of carbonyl (C=O) groups excluding carboxylic acids is 3. The molecule has 0 saturated heterocycles. The average Bonchev–Trinajstić information content (AvgIpc) is 2.62. The topological polar surface area (TPSA) is 75.3 Å². The highest BCUT2D eigenvalue weighted by Gasteiger charge is 2.11. The first-order valence-electron chi connectivity index (χ1n) is 8.32. The van der Waals surface area contributed by atoms with Crippen molar-refractivity contribution in [3.63, 3.8) is 0 Å². The summed E-state index contributed by atoms with van der Waals surface area (Å²) < 4.78 is 0. The van der Waals surface area contributed by atoms with Gasteiger partial charge in [-0.2, -0.15) is 0 Å². The number of Topliss-reactive ketones (excluding diaryl/α,β-unsaturated/α-hetero) is 1. The van der Waals surface area contributed by atoms with E-state index in [9.17, 15) is 14.4 Å². The zero-order valence-corrected chi connectivity index (χ0v) is 14.5. The van der Waals surface area contributed by atoms with Crippen LogP contribution in [-0.2, 0) is 0 Å². The molecular formula is C20H22N2O3. The number of amides is 2. The van der Waals surface area contributed by atoms with Crippen molar-refractivity contribution < 1.29 is 14.4 Å². The number of anilines is 1. The predicted molar refractivity (Wildman–Crippen MR) is 98.1 cm³/mol. The second-order valence-electron chi connectivity index (χ2n) is 5.78. The Morgan fingerprint density at radius 1 is 0.880 bits per heavy atom. The van der Waals surface area contributed by atoms with E-state index in [-0.39, 0.29) is 17.6 Å². The average molecular weight is 338 g/mol. The maximum Gasteiger partial charge on any atom is 0.255 e. The third kappa shape index (κ3) is 5.28. The Bertz CT molecular complexity index is 784. The van der Waals surface area contributed by atoms with E-state index in [1.807, 2.05) is 0 Å². The van der Waals surface area contributed by atoms with Crippen LogP contribution in [0.4, 0.5) is 5.69 Å². The van der Waals surface area contributed by atoms with Gasteiger partial charge in [-0.15, -0.1) is 0 Å². The van der Waals surface area contributed by atoms with Gasteiger partial charge in [-0.3, -0.25) is 14.4 Å². The Kier molecular flexibility index (Phi) is 6.46. The number of benzene rings is 2. The lowest BCUT2D eigenvalue weighted by Gasteiger charge is -2.08. The van der Waals surface area contributed by atoms with Crippen LogP contribution in [0.3, 0.4) is 0 Å². The van der Waals surface area contributed by atoms with Crippen molar-refractivity contribution in [2.75, 3.05) is 11.9 Å². The fourth-order valence-corrected chi connectivity index (χ4v) is 2.30. The van der Waals surface area contributed by atoms with Crippen LogP contribution < -0.4 is 10.6 Å². The maximum absolute atomic E-state index is 12.4. The summed E-state index contributed by atoms with van der Waals surface area (Å²) >= 11 is 0. The largest absolute Gasteiger partial charge is 0.352 e. The summed E-state index contributed by atoms with van der Waals surface area (Å²) in [6.07, 6.45) is 1.92. The molecule has 0 radical (unpaired) electrons. The molecule has 2 rings (SSSR count). The lowest BCUT2D eigenvalue weighted by Crippen LogP contribution is -2.24. The molecule has 0 aliphatic carbocycles. The number of hydrogen-bond acceptors (Lipinski definition) is 3. The quantitative estimate of drug-likeness (QED) is 0.597. The molecule has 2 aromatic carbocycles. The number of ketones is 1. The molecule has 0 heterocycles. The predicted octanol–water partition coefficient (Wildman–Crippen LogP) is 3.67. The van der Waals surface area contributed by atoms with Crippen molar-refractivity contribution in [3.05, 3.63) is 65.2 Å². The van der Waals surface area contributed by atoms with Crippen LogP contribution >= 0.6 is 0 Å². The summed E-state index contributed by atoms with van der Waals surface area (Å²) in [4.78, 5) is 35.9. The van der Waals surface area contributed by atoms with Gasteiger partial charge in [-0.1, -0.05) is 31.5 Å². The van der Waals surface area contributed by atoms with Gasteiger partial charge in [0.1, 0.15) is 0 Å². The van der Waals surface area contributed by atoms with Gasteiger partial charge in [-0.25, -0.2) is 0 Å². The molecule has 0 bridgehead atoms. The molecule has 130 valence electrons. The van der Waals surface area contributed by atoms with Crippen LogP contribution in [0.1, 0.15) is 57.8 Å². The number of carbonyl (C=O) groups is 3. The van der Waals surface area contributed by atoms with E-state index in [2.05, 4.69) is 17.6 Å². The molecule has 2 aromatic rings. The van der Waals surface area contributed by atoms with Gasteiger partial charge < -0.3 is 10.6 Å². The van der Waals surface area contributed by atoms with Crippen molar-refractivity contribution in [2.24, 2.45) is 0 Å². The SMILES string of the molecule is CCCCNC(=O)c1cccc(C(=O)Nc2cccc(C(C)=O)c2)c1. The van der Waals surface area contributed by atoms with Crippen LogP contribution in [0.2, 0.25) is 0 Å². The Balaban J connectivity index is 2.09. The van der Waals surface area contributed by atoms with E-state index < -0.39 is 0 Å². The Morgan fingerprint density at radius 2 is 1.52 bits per heavy atom. The summed E-state index contributed by atoms with van der Waals surface area (Å²) in [6.45, 7) is 4.14. The first-order valence-corrected chi connectivity index (χ1v) is 8.32. The van der Waals surface area contributed by atoms with Crippen molar-refractivity contribution >= 4 is 23.3 Å². The molecule has 5 nitrogen and oxygen atoms in total. The van der Waals surface area contributed by atoms with E-state index in [4.69, 9.17) is 0 Å². The van der Waals surface area contributed by atoms with Gasteiger partial charge in [0.2, 0.25) is 0 Å². The number of rotatable bonds is 7. The van der Waals surface area contributed by atoms with Gasteiger partial charge in [0.05, 0.1) is 0 Å². The smallest absolute Gasteiger partial charge is 0.255 e. The summed E-state index contributed by atoms with van der Waals surface area (Å²) in [5.41, 5.74) is 1.90. The fraction of sp³-hybridized carbons (Fsp3) is 0.250. The first-order chi connectivity index (χ1) is 12.0. The van der Waals surface area contributed by atoms with Gasteiger partial charge in [0.15, 0.2) is 5.78 Å². The zero-order chi connectivity index (χ0) is 18.2. The lowest BCUT2D eigenvalue weighted by molar-refractivity contribution is 0.0952. The first kappa shape index (κ1) is 18.4. The molecule has 0 aliphatic rings. The highest BCUT2D eigenvalue weighted by molar-refractivity contribution is 6.06. The molecule has 0 aliphatic heterocycles. The molecule has 0 fully saturated rings. The Morgan fingerprint density at radius 3 is 2.20 bits per heavy atom. The van der Waals surface area contributed by atoms with Crippen LogP contribution in [0.25, 0.3) is 0 Å². The van der Waals surface area contributed by atoms with Crippen molar-refractivity contribution in [3.8, 4) is 0 Å². The molecule has 5 heteroatoms. The van der Waals surface area contributed by atoms with E-state index in [0.29, 0.717) is 28.9 Å². The molecule has 25 heavy (non-hydrogen) atoms. The number of hydrogen-bond donors (Lipinski definition) is 2. The Labute approximate surface area is 147 Å². The molecule has 0 unspecified atom stereocenters. The minimum Gasteiger partial charge on any atom is -0.352 e. The Hall–Kier alpha value is -2.95. The maximum atomic E-state index is 12.4. The van der Waals surface area contributed by atoms with Crippen molar-refractivity contribution in [2.45, 2.75) is 26.7 Å². The minimum absolute atomic E-state index is 0.0677. The molecular weight excluding hydrogens is 316 g/mol. The normalized spacial score (nSPS) is 10.2. The molecule has 2 N–H and O–H groups in total. The standard InChI is InChI=1S/C20H22N2O3/c1-3-4-11-21-19(24)16-8-5-9-17(12-16)20(25)22-18-10-6-7-15(13-18)14(2)23/h5-10,12-13H,3-4,11H2,1-2H3,(H,21,24)(H,22,25). The summed E-state index contributed by atoms with van der Waals surface area (Å²) in [5, 5.41) is 5.58. The minimum atomic E-state index is -0.330. The van der Waals surface area contributed by atoms with Crippen LogP contribution in [0.15, 0.2) is 48.5 Å². The third-order valence-electron chi connectivity index (χ3n) is 3.73. The van der Waals surface area contributed by atoms with E-state index in [1.165, 1.54) is 6.92 Å². The van der Waals surface area contributed by atoms with Gasteiger partial charge >= 0.3 is 0 Å². The zero-order valence-electron chi connectivity index (χ0n) is 14.5. The lowest BCUT2D eigenvalue weighted by atomic mass is 10.1. The third-order valence-corrected chi connectivity index (χ3v) is 3.73. The molecule has 0 aromatic heterocycles. The summed E-state index contributed by atoms with van der Waals surface area (Å²) in [6, 6.07) is 13.3. The summed E-state index contributed by atoms with van der Waals surface area (Å²) in [7, 11) is 0. The van der Waals surface area contributed by atoms with E-state index in [1.54, 1.807) is 48.5 Å². The van der Waals surface area contributed by atoms with Gasteiger partial charge in [0.25, 0.3) is 11.8 Å². The second kappa shape index (κ2) is 8.78. The van der Waals surface area contributed by atoms with Crippen LogP contribution in [0, 0.1) is 0 Å². The van der Waals surface area contributed by atoms with Crippen molar-refractivity contribution in [1.29, 1.82) is 0 Å². The molecule has 0 atom stereocenters.